The summed E-state index contributed by atoms with van der Waals surface area (Å²) < 4.78 is 11.8. The molecule has 2 atom stereocenters. The van der Waals surface area contributed by atoms with Gasteiger partial charge in [0, 0.05) is 56.0 Å². The van der Waals surface area contributed by atoms with Crippen molar-refractivity contribution in [2.24, 2.45) is 5.92 Å². The Kier molecular flexibility index (Phi) is 6.57. The van der Waals surface area contributed by atoms with Crippen molar-refractivity contribution in [3.05, 3.63) is 48.0 Å². The van der Waals surface area contributed by atoms with Crippen molar-refractivity contribution >= 4 is 17.3 Å². The number of nitrogens with zero attached hydrogens (tertiary/aromatic N) is 2. The maximum absolute atomic E-state index is 11.3. The Morgan fingerprint density at radius 3 is 2.38 bits per heavy atom. The number of carboxylic acid groups (broad SMARTS) is 1. The van der Waals surface area contributed by atoms with E-state index in [0.717, 1.165) is 56.1 Å². The molecule has 1 saturated carbocycles. The number of benzene rings is 2. The second-order valence-electron chi connectivity index (χ2n) is 10.2. The minimum atomic E-state index is -0.728. The van der Waals surface area contributed by atoms with Gasteiger partial charge in [-0.3, -0.25) is 4.79 Å². The molecule has 34 heavy (non-hydrogen) atoms. The number of rotatable bonds is 8. The van der Waals surface area contributed by atoms with Crippen molar-refractivity contribution in [1.29, 1.82) is 0 Å². The van der Waals surface area contributed by atoms with Crippen LogP contribution in [0.2, 0.25) is 0 Å². The predicted octanol–water partition coefficient (Wildman–Crippen LogP) is 5.31. The molecule has 0 spiro atoms. The van der Waals surface area contributed by atoms with Crippen LogP contribution in [0.5, 0.6) is 11.5 Å². The molecule has 2 heterocycles. The zero-order valence-corrected chi connectivity index (χ0v) is 20.3. The molecule has 5 rings (SSSR count). The first-order valence-electron chi connectivity index (χ1n) is 12.7. The largest absolute Gasteiger partial charge is 0.497 e. The topological polar surface area (TPSA) is 62.2 Å². The molecule has 182 valence electrons. The zero-order valence-electron chi connectivity index (χ0n) is 20.3. The number of methoxy groups -OCH3 is 1. The van der Waals surface area contributed by atoms with Crippen molar-refractivity contribution in [3.63, 3.8) is 0 Å². The van der Waals surface area contributed by atoms with Crippen molar-refractivity contribution in [2.45, 2.75) is 63.5 Å². The van der Waals surface area contributed by atoms with E-state index in [0.29, 0.717) is 11.8 Å². The lowest BCUT2D eigenvalue weighted by molar-refractivity contribution is -0.137. The fourth-order valence-corrected chi connectivity index (χ4v) is 5.65. The average molecular weight is 465 g/mol. The molecule has 0 bridgehead atoms. The summed E-state index contributed by atoms with van der Waals surface area (Å²) in [5.74, 6) is 2.31. The quantitative estimate of drug-likeness (QED) is 0.571. The normalized spacial score (nSPS) is 23.2. The number of piperidine rings is 1. The van der Waals surface area contributed by atoms with Gasteiger partial charge in [-0.1, -0.05) is 13.0 Å². The summed E-state index contributed by atoms with van der Waals surface area (Å²) in [5, 5.41) is 9.26. The van der Waals surface area contributed by atoms with Gasteiger partial charge in [-0.2, -0.15) is 0 Å². The summed E-state index contributed by atoms with van der Waals surface area (Å²) in [6, 6.07) is 14.8. The standard InChI is InChI=1S/C28H36N2O4/c1-19-15-22(16-28(31)32)30(18-19)21-5-7-23(8-6-21)34-24-11-13-29(14-12-24)27-17-25(33-2)9-10-26(27)20-3-4-20/h5-10,17,19-20,22,24H,3-4,11-16,18H2,1-2H3,(H,31,32)/t19-,22-/m1/s1. The van der Waals surface area contributed by atoms with Gasteiger partial charge in [0.25, 0.3) is 0 Å². The third kappa shape index (κ3) is 5.11. The lowest BCUT2D eigenvalue weighted by Crippen LogP contribution is -2.38. The second-order valence-corrected chi connectivity index (χ2v) is 10.2. The third-order valence-corrected chi connectivity index (χ3v) is 7.54. The van der Waals surface area contributed by atoms with E-state index in [9.17, 15) is 9.90 Å². The van der Waals surface area contributed by atoms with Crippen LogP contribution in [0.15, 0.2) is 42.5 Å². The highest BCUT2D eigenvalue weighted by Crippen LogP contribution is 2.46. The Morgan fingerprint density at radius 2 is 1.74 bits per heavy atom. The minimum Gasteiger partial charge on any atom is -0.497 e. The van der Waals surface area contributed by atoms with Gasteiger partial charge in [-0.05, 0) is 67.0 Å². The van der Waals surface area contributed by atoms with Crippen LogP contribution in [-0.4, -0.2) is 50.0 Å². The van der Waals surface area contributed by atoms with Gasteiger partial charge in [0.2, 0.25) is 0 Å². The Morgan fingerprint density at radius 1 is 1.03 bits per heavy atom. The summed E-state index contributed by atoms with van der Waals surface area (Å²) in [4.78, 5) is 16.0. The number of carboxylic acids is 1. The molecule has 2 aliphatic heterocycles. The Labute approximate surface area is 202 Å². The smallest absolute Gasteiger partial charge is 0.305 e. The number of hydrogen-bond acceptors (Lipinski definition) is 5. The zero-order chi connectivity index (χ0) is 23.7. The molecule has 6 heteroatoms. The lowest BCUT2D eigenvalue weighted by atomic mass is 10.0. The molecule has 1 N–H and O–H groups in total. The molecular weight excluding hydrogens is 428 g/mol. The highest BCUT2D eigenvalue weighted by Gasteiger charge is 2.32. The first-order chi connectivity index (χ1) is 16.5. The van der Waals surface area contributed by atoms with Crippen LogP contribution >= 0.6 is 0 Å². The van der Waals surface area contributed by atoms with E-state index >= 15 is 0 Å². The number of carbonyl (C=O) groups is 1. The van der Waals surface area contributed by atoms with E-state index in [-0.39, 0.29) is 18.6 Å². The van der Waals surface area contributed by atoms with Crippen LogP contribution in [-0.2, 0) is 4.79 Å². The summed E-state index contributed by atoms with van der Waals surface area (Å²) in [5.41, 5.74) is 3.89. The number of aliphatic carboxylic acids is 1. The lowest BCUT2D eigenvalue weighted by Gasteiger charge is -2.35. The van der Waals surface area contributed by atoms with Crippen LogP contribution in [0.4, 0.5) is 11.4 Å². The molecule has 0 radical (unpaired) electrons. The van der Waals surface area contributed by atoms with Gasteiger partial charge >= 0.3 is 5.97 Å². The molecule has 2 aromatic rings. The fraction of sp³-hybridized carbons (Fsp3) is 0.536. The van der Waals surface area contributed by atoms with E-state index < -0.39 is 5.97 Å². The molecule has 0 unspecified atom stereocenters. The Hall–Kier alpha value is -2.89. The summed E-state index contributed by atoms with van der Waals surface area (Å²) >= 11 is 0. The van der Waals surface area contributed by atoms with Crippen molar-refractivity contribution < 1.29 is 19.4 Å². The van der Waals surface area contributed by atoms with Gasteiger partial charge in [-0.25, -0.2) is 0 Å². The highest BCUT2D eigenvalue weighted by molar-refractivity contribution is 5.69. The molecule has 0 aromatic heterocycles. The van der Waals surface area contributed by atoms with Crippen molar-refractivity contribution in [2.75, 3.05) is 36.5 Å². The van der Waals surface area contributed by atoms with E-state index in [1.807, 2.05) is 12.1 Å². The number of anilines is 2. The highest BCUT2D eigenvalue weighted by atomic mass is 16.5. The van der Waals surface area contributed by atoms with Gasteiger partial charge in [0.05, 0.1) is 13.5 Å². The SMILES string of the molecule is COc1ccc(C2CC2)c(N2CCC(Oc3ccc(N4C[C@H](C)C[C@@H]4CC(=O)O)cc3)CC2)c1. The van der Waals surface area contributed by atoms with Gasteiger partial charge < -0.3 is 24.4 Å². The predicted molar refractivity (Wildman–Crippen MR) is 134 cm³/mol. The van der Waals surface area contributed by atoms with Gasteiger partial charge in [0.15, 0.2) is 0 Å². The van der Waals surface area contributed by atoms with Gasteiger partial charge in [0.1, 0.15) is 17.6 Å². The van der Waals surface area contributed by atoms with Crippen LogP contribution in [0.1, 0.15) is 56.9 Å². The average Bonchev–Trinajstić information content (AvgIpc) is 3.62. The van der Waals surface area contributed by atoms with E-state index in [2.05, 4.69) is 47.1 Å². The minimum absolute atomic E-state index is 0.0701. The molecule has 6 nitrogen and oxygen atoms in total. The molecule has 1 aliphatic carbocycles. The monoisotopic (exact) mass is 464 g/mol. The summed E-state index contributed by atoms with van der Waals surface area (Å²) in [7, 11) is 1.73. The maximum Gasteiger partial charge on any atom is 0.305 e. The molecule has 0 amide bonds. The third-order valence-electron chi connectivity index (χ3n) is 7.54. The summed E-state index contributed by atoms with van der Waals surface area (Å²) in [6.07, 6.45) is 5.91. The maximum atomic E-state index is 11.3. The molecule has 2 saturated heterocycles. The molecular formula is C28H36N2O4. The van der Waals surface area contributed by atoms with E-state index in [1.54, 1.807) is 7.11 Å². The molecule has 2 aromatic carbocycles. The number of ether oxygens (including phenoxy) is 2. The van der Waals surface area contributed by atoms with Gasteiger partial charge in [-0.15, -0.1) is 0 Å². The van der Waals surface area contributed by atoms with E-state index in [4.69, 9.17) is 9.47 Å². The van der Waals surface area contributed by atoms with Crippen molar-refractivity contribution in [3.8, 4) is 11.5 Å². The molecule has 3 aliphatic rings. The van der Waals surface area contributed by atoms with Crippen LogP contribution in [0.25, 0.3) is 0 Å². The van der Waals surface area contributed by atoms with Crippen LogP contribution < -0.4 is 19.3 Å². The first kappa shape index (κ1) is 22.9. The fourth-order valence-electron chi connectivity index (χ4n) is 5.65. The Bertz CT molecular complexity index is 996. The van der Waals surface area contributed by atoms with Crippen molar-refractivity contribution in [1.82, 2.24) is 0 Å². The molecule has 3 fully saturated rings. The summed E-state index contributed by atoms with van der Waals surface area (Å²) in [6.45, 7) is 5.07. The first-order valence-corrected chi connectivity index (χ1v) is 12.7. The number of hydrogen-bond donors (Lipinski definition) is 1. The second kappa shape index (κ2) is 9.77. The van der Waals surface area contributed by atoms with E-state index in [1.165, 1.54) is 24.1 Å². The van der Waals surface area contributed by atoms with Crippen LogP contribution in [0.3, 0.4) is 0 Å². The van der Waals surface area contributed by atoms with Crippen LogP contribution in [0, 0.1) is 5.92 Å². The Balaban J connectivity index is 1.18.